The first-order valence-corrected chi connectivity index (χ1v) is 16.5. The van der Waals surface area contributed by atoms with Crippen molar-refractivity contribution in [2.24, 2.45) is 0 Å². The van der Waals surface area contributed by atoms with Gasteiger partial charge in [0.1, 0.15) is 0 Å². The van der Waals surface area contributed by atoms with Gasteiger partial charge in [0.25, 0.3) is 0 Å². The van der Waals surface area contributed by atoms with Crippen LogP contribution >= 0.6 is 0 Å². The summed E-state index contributed by atoms with van der Waals surface area (Å²) in [7, 11) is 0. The lowest BCUT2D eigenvalue weighted by Crippen LogP contribution is -2.20. The average molecular weight is 604 g/mol. The molecule has 3 heteroatoms. The molecule has 2 aliphatic carbocycles. The first kappa shape index (κ1) is 26.7. The number of rotatable bonds is 2. The van der Waals surface area contributed by atoms with E-state index in [0.717, 1.165) is 27.7 Å². The molecule has 2 aliphatic rings. The van der Waals surface area contributed by atoms with Gasteiger partial charge in [0, 0.05) is 32.6 Å². The maximum atomic E-state index is 5.45. The molecule has 0 N–H and O–H groups in total. The lowest BCUT2D eigenvalue weighted by Gasteiger charge is -2.28. The smallest absolute Gasteiger partial charge is 0.235 e. The lowest BCUT2D eigenvalue weighted by atomic mass is 9.76. The first-order chi connectivity index (χ1) is 22.9. The second-order valence-electron chi connectivity index (χ2n) is 14.2. The van der Waals surface area contributed by atoms with Gasteiger partial charge < -0.3 is 0 Å². The predicted octanol–water partition coefficient (Wildman–Crippen LogP) is 11.0. The normalized spacial score (nSPS) is 15.1. The van der Waals surface area contributed by atoms with Crippen molar-refractivity contribution in [1.82, 2.24) is 14.5 Å². The highest BCUT2D eigenvalue weighted by Crippen LogP contribution is 2.63. The summed E-state index contributed by atoms with van der Waals surface area (Å²) in [5.74, 6) is 0.702. The quantitative estimate of drug-likeness (QED) is 0.197. The van der Waals surface area contributed by atoms with Crippen molar-refractivity contribution in [3.05, 3.63) is 150 Å². The molecule has 3 nitrogen and oxygen atoms in total. The molecule has 0 saturated carbocycles. The van der Waals surface area contributed by atoms with Gasteiger partial charge in [-0.1, -0.05) is 143 Å². The standard InChI is InChI=1S/C44H33N3/c1-43(2)31-22-12-8-18-27(31)35-36-30-21-11-15-25-34(30)47(41(36)39-37(38(35)43)28-19-9-13-23-32(28)44(39,3)4)42-45-33-24-14-10-20-29(33)40(46-42)26-16-6-5-7-17-26/h5-25H,1-4H3. The molecule has 0 unspecified atom stereocenters. The first-order valence-electron chi connectivity index (χ1n) is 16.5. The van der Waals surface area contributed by atoms with Crippen molar-refractivity contribution in [3.63, 3.8) is 0 Å². The maximum absolute atomic E-state index is 5.45. The van der Waals surface area contributed by atoms with Crippen LogP contribution in [0.4, 0.5) is 0 Å². The van der Waals surface area contributed by atoms with Crippen LogP contribution in [0.1, 0.15) is 49.9 Å². The van der Waals surface area contributed by atoms with Crippen molar-refractivity contribution in [2.45, 2.75) is 38.5 Å². The maximum Gasteiger partial charge on any atom is 0.235 e. The largest absolute Gasteiger partial charge is 0.278 e. The van der Waals surface area contributed by atoms with E-state index >= 15 is 0 Å². The molecular formula is C44H33N3. The van der Waals surface area contributed by atoms with Gasteiger partial charge in [0.2, 0.25) is 5.95 Å². The Bertz CT molecular complexity index is 2620. The molecule has 0 fully saturated rings. The molecule has 0 spiro atoms. The molecule has 0 saturated heterocycles. The van der Waals surface area contributed by atoms with Crippen molar-refractivity contribution in [2.75, 3.05) is 0 Å². The van der Waals surface area contributed by atoms with E-state index in [1.165, 1.54) is 60.8 Å². The second-order valence-corrected chi connectivity index (χ2v) is 14.2. The summed E-state index contributed by atoms with van der Waals surface area (Å²) in [5, 5.41) is 3.59. The van der Waals surface area contributed by atoms with Crippen LogP contribution in [0.3, 0.4) is 0 Å². The molecule has 0 radical (unpaired) electrons. The van der Waals surface area contributed by atoms with Crippen LogP contribution in [-0.4, -0.2) is 14.5 Å². The van der Waals surface area contributed by atoms with Gasteiger partial charge in [-0.2, -0.15) is 0 Å². The van der Waals surface area contributed by atoms with Gasteiger partial charge in [-0.3, -0.25) is 4.57 Å². The number of hydrogen-bond acceptors (Lipinski definition) is 2. The number of benzene rings is 6. The van der Waals surface area contributed by atoms with Crippen LogP contribution in [0, 0.1) is 0 Å². The average Bonchev–Trinajstić information content (AvgIpc) is 3.65. The Balaban J connectivity index is 1.46. The molecule has 10 rings (SSSR count). The Morgan fingerprint density at radius 3 is 1.83 bits per heavy atom. The van der Waals surface area contributed by atoms with E-state index in [-0.39, 0.29) is 10.8 Å². The van der Waals surface area contributed by atoms with Crippen molar-refractivity contribution < 1.29 is 0 Å². The fourth-order valence-electron chi connectivity index (χ4n) is 8.95. The fourth-order valence-corrected chi connectivity index (χ4v) is 8.95. The van der Waals surface area contributed by atoms with Gasteiger partial charge in [-0.15, -0.1) is 0 Å². The lowest BCUT2D eigenvalue weighted by molar-refractivity contribution is 0.650. The number of hydrogen-bond donors (Lipinski definition) is 0. The van der Waals surface area contributed by atoms with Crippen LogP contribution in [0.15, 0.2) is 127 Å². The summed E-state index contributed by atoms with van der Waals surface area (Å²) in [6, 6.07) is 45.9. The molecule has 0 bridgehead atoms. The molecular weight excluding hydrogens is 571 g/mol. The zero-order chi connectivity index (χ0) is 31.7. The molecule has 0 atom stereocenters. The van der Waals surface area contributed by atoms with Crippen LogP contribution in [0.2, 0.25) is 0 Å². The minimum Gasteiger partial charge on any atom is -0.278 e. The van der Waals surface area contributed by atoms with Crippen LogP contribution in [0.25, 0.3) is 72.2 Å². The van der Waals surface area contributed by atoms with Crippen LogP contribution in [0.5, 0.6) is 0 Å². The molecule has 224 valence electrons. The number of aromatic nitrogens is 3. The topological polar surface area (TPSA) is 30.7 Å². The molecule has 8 aromatic rings. The number of fused-ring (bicyclic) bond motifs is 13. The third-order valence-electron chi connectivity index (χ3n) is 10.9. The van der Waals surface area contributed by atoms with Crippen molar-refractivity contribution in [1.29, 1.82) is 0 Å². The van der Waals surface area contributed by atoms with E-state index in [1.54, 1.807) is 0 Å². The number of para-hydroxylation sites is 2. The minimum absolute atomic E-state index is 0.166. The van der Waals surface area contributed by atoms with E-state index in [9.17, 15) is 0 Å². The highest BCUT2D eigenvalue weighted by atomic mass is 15.2. The molecule has 0 aliphatic heterocycles. The van der Waals surface area contributed by atoms with E-state index in [1.807, 2.05) is 0 Å². The van der Waals surface area contributed by atoms with Gasteiger partial charge in [-0.05, 0) is 56.6 Å². The zero-order valence-electron chi connectivity index (χ0n) is 27.0. The summed E-state index contributed by atoms with van der Waals surface area (Å²) in [6.07, 6.45) is 0. The van der Waals surface area contributed by atoms with Crippen LogP contribution in [-0.2, 0) is 10.8 Å². The third-order valence-corrected chi connectivity index (χ3v) is 10.9. The Morgan fingerprint density at radius 1 is 0.511 bits per heavy atom. The molecule has 6 aromatic carbocycles. The Hall–Kier alpha value is -5.54. The van der Waals surface area contributed by atoms with Crippen molar-refractivity contribution in [3.8, 4) is 39.5 Å². The zero-order valence-corrected chi connectivity index (χ0v) is 27.0. The van der Waals surface area contributed by atoms with Gasteiger partial charge >= 0.3 is 0 Å². The number of nitrogens with zero attached hydrogens (tertiary/aromatic N) is 3. The third kappa shape index (κ3) is 3.31. The summed E-state index contributed by atoms with van der Waals surface area (Å²) in [5.41, 5.74) is 15.9. The molecule has 2 aromatic heterocycles. The fraction of sp³-hybridized carbons (Fsp3) is 0.136. The monoisotopic (exact) mass is 603 g/mol. The molecule has 47 heavy (non-hydrogen) atoms. The SMILES string of the molecule is CC1(C)c2ccccc2-c2c1c1c(c3c2c2ccccc2n3-c2nc(-c3ccccc3)c3ccccc3n2)C(C)(C)c2ccccc2-1. The van der Waals surface area contributed by atoms with Crippen molar-refractivity contribution >= 4 is 32.7 Å². The van der Waals surface area contributed by atoms with E-state index in [2.05, 4.69) is 160 Å². The highest BCUT2D eigenvalue weighted by molar-refractivity contribution is 6.22. The summed E-state index contributed by atoms with van der Waals surface area (Å²) in [6.45, 7) is 9.62. The van der Waals surface area contributed by atoms with Gasteiger partial charge in [0.15, 0.2) is 0 Å². The highest BCUT2D eigenvalue weighted by Gasteiger charge is 2.47. The van der Waals surface area contributed by atoms with Crippen LogP contribution < -0.4 is 0 Å². The summed E-state index contributed by atoms with van der Waals surface area (Å²) < 4.78 is 2.38. The molecule has 2 heterocycles. The summed E-state index contributed by atoms with van der Waals surface area (Å²) >= 11 is 0. The van der Waals surface area contributed by atoms with Gasteiger partial charge in [0.05, 0.1) is 22.2 Å². The Labute approximate surface area is 274 Å². The molecule has 0 amide bonds. The van der Waals surface area contributed by atoms with E-state index in [0.29, 0.717) is 5.95 Å². The Kier molecular flexibility index (Phi) is 5.13. The van der Waals surface area contributed by atoms with E-state index in [4.69, 9.17) is 9.97 Å². The second kappa shape index (κ2) is 9.04. The Morgan fingerprint density at radius 2 is 1.09 bits per heavy atom. The minimum atomic E-state index is -0.241. The van der Waals surface area contributed by atoms with Gasteiger partial charge in [-0.25, -0.2) is 9.97 Å². The summed E-state index contributed by atoms with van der Waals surface area (Å²) in [4.78, 5) is 10.8. The van der Waals surface area contributed by atoms with E-state index < -0.39 is 0 Å². The predicted molar refractivity (Wildman–Crippen MR) is 194 cm³/mol.